The van der Waals surface area contributed by atoms with Gasteiger partial charge in [-0.25, -0.2) is 0 Å². The van der Waals surface area contributed by atoms with Crippen LogP contribution in [0.2, 0.25) is 0 Å². The first-order valence-corrected chi connectivity index (χ1v) is 18.5. The first-order chi connectivity index (χ1) is 26.2. The van der Waals surface area contributed by atoms with Gasteiger partial charge >= 0.3 is 0 Å². The molecule has 0 radical (unpaired) electrons. The van der Waals surface area contributed by atoms with E-state index in [9.17, 15) is 0 Å². The Morgan fingerprint density at radius 2 is 0.811 bits per heavy atom. The van der Waals surface area contributed by atoms with Crippen LogP contribution in [0.4, 0.5) is 0 Å². The Balaban J connectivity index is 1.02. The minimum absolute atomic E-state index is 0.882. The van der Waals surface area contributed by atoms with Crippen LogP contribution in [0.3, 0.4) is 0 Å². The molecule has 0 aliphatic heterocycles. The van der Waals surface area contributed by atoms with E-state index in [1.807, 2.05) is 0 Å². The normalized spacial score (nSPS) is 12.5. The van der Waals surface area contributed by atoms with Gasteiger partial charge in [-0.15, -0.1) is 0 Å². The third-order valence-corrected chi connectivity index (χ3v) is 10.9. The van der Waals surface area contributed by atoms with Gasteiger partial charge < -0.3 is 0 Å². The second-order valence-electron chi connectivity index (χ2n) is 14.1. The first kappa shape index (κ1) is 31.0. The molecule has 0 atom stereocenters. The SMILES string of the molecule is C1=C(c2ccc(-c3ccc4ccc5c(-c6ccccc6)cc(-c6ccccc6)cc5c4c3)cc2)CC=c2c(ccc3ccc(-c4ccccc4)cc23)=C1. The molecule has 0 bridgehead atoms. The smallest absolute Gasteiger partial charge is 0.00821 e. The maximum absolute atomic E-state index is 2.41. The van der Waals surface area contributed by atoms with Crippen LogP contribution in [-0.2, 0) is 0 Å². The van der Waals surface area contributed by atoms with Gasteiger partial charge in [-0.3, -0.25) is 0 Å². The second kappa shape index (κ2) is 13.1. The van der Waals surface area contributed by atoms with Crippen molar-refractivity contribution in [2.45, 2.75) is 6.42 Å². The van der Waals surface area contributed by atoms with E-state index in [4.69, 9.17) is 0 Å². The van der Waals surface area contributed by atoms with Crippen molar-refractivity contribution in [3.63, 3.8) is 0 Å². The Bertz CT molecular complexity index is 2970. The average molecular weight is 673 g/mol. The van der Waals surface area contributed by atoms with Crippen LogP contribution in [0.1, 0.15) is 12.0 Å². The molecule has 248 valence electrons. The van der Waals surface area contributed by atoms with Crippen molar-refractivity contribution in [2.75, 3.05) is 0 Å². The highest BCUT2D eigenvalue weighted by atomic mass is 14.2. The van der Waals surface area contributed by atoms with Crippen molar-refractivity contribution in [3.8, 4) is 44.5 Å². The summed E-state index contributed by atoms with van der Waals surface area (Å²) in [5, 5.41) is 10.2. The van der Waals surface area contributed by atoms with Crippen LogP contribution < -0.4 is 10.4 Å². The number of hydrogen-bond donors (Lipinski definition) is 0. The van der Waals surface area contributed by atoms with Crippen LogP contribution in [0, 0.1) is 0 Å². The third-order valence-electron chi connectivity index (χ3n) is 10.9. The lowest BCUT2D eigenvalue weighted by molar-refractivity contribution is 1.45. The summed E-state index contributed by atoms with van der Waals surface area (Å²) in [4.78, 5) is 0. The summed E-state index contributed by atoms with van der Waals surface area (Å²) in [6, 6.07) is 68.9. The summed E-state index contributed by atoms with van der Waals surface area (Å²) in [5.41, 5.74) is 12.5. The highest BCUT2D eigenvalue weighted by Gasteiger charge is 2.13. The zero-order valence-electron chi connectivity index (χ0n) is 29.3. The standard InChI is InChI=1S/C53H36/c1-4-10-36(11-5-1)45-26-24-43-23-22-42-21-20-39(28-30-48(42)50(43)32-45)38-16-18-40(19-17-38)46-27-25-44-29-31-49-51(41-14-8-3-9-15-41)34-47(35-53(49)52(44)33-46)37-12-6-2-7-13-37/h1-27,29-35H,28H2. The zero-order valence-corrected chi connectivity index (χ0v) is 29.3. The highest BCUT2D eigenvalue weighted by molar-refractivity contribution is 6.14. The van der Waals surface area contributed by atoms with Crippen LogP contribution >= 0.6 is 0 Å². The van der Waals surface area contributed by atoms with Crippen molar-refractivity contribution in [1.82, 2.24) is 0 Å². The average Bonchev–Trinajstić information content (AvgIpc) is 3.47. The summed E-state index contributed by atoms with van der Waals surface area (Å²) in [7, 11) is 0. The predicted octanol–water partition coefficient (Wildman–Crippen LogP) is 12.9. The largest absolute Gasteiger partial charge is 0.0716 e. The monoisotopic (exact) mass is 672 g/mol. The van der Waals surface area contributed by atoms with E-state index in [0.29, 0.717) is 0 Å². The summed E-state index contributed by atoms with van der Waals surface area (Å²) >= 11 is 0. The topological polar surface area (TPSA) is 0 Å². The van der Waals surface area contributed by atoms with Crippen molar-refractivity contribution >= 4 is 50.0 Å². The lowest BCUT2D eigenvalue weighted by Gasteiger charge is -2.14. The molecule has 0 amide bonds. The van der Waals surface area contributed by atoms with Gasteiger partial charge in [0.05, 0.1) is 0 Å². The van der Waals surface area contributed by atoms with Crippen LogP contribution in [0.15, 0.2) is 194 Å². The Labute approximate surface area is 310 Å². The minimum Gasteiger partial charge on any atom is -0.0716 e. The Morgan fingerprint density at radius 1 is 0.302 bits per heavy atom. The van der Waals surface area contributed by atoms with Gasteiger partial charge in [-0.1, -0.05) is 182 Å². The van der Waals surface area contributed by atoms with Gasteiger partial charge in [0, 0.05) is 0 Å². The molecule has 9 aromatic rings. The Kier molecular flexibility index (Phi) is 7.66. The fourth-order valence-electron chi connectivity index (χ4n) is 8.10. The van der Waals surface area contributed by atoms with E-state index in [0.717, 1.165) is 6.42 Å². The molecular formula is C53H36. The van der Waals surface area contributed by atoms with Crippen molar-refractivity contribution < 1.29 is 0 Å². The molecule has 0 heteroatoms. The van der Waals surface area contributed by atoms with E-state index in [-0.39, 0.29) is 0 Å². The van der Waals surface area contributed by atoms with Gasteiger partial charge in [-0.05, 0) is 129 Å². The molecule has 53 heavy (non-hydrogen) atoms. The third kappa shape index (κ3) is 5.75. The van der Waals surface area contributed by atoms with Gasteiger partial charge in [0.1, 0.15) is 0 Å². The number of fused-ring (bicyclic) bond motifs is 6. The van der Waals surface area contributed by atoms with Gasteiger partial charge in [0.15, 0.2) is 0 Å². The van der Waals surface area contributed by atoms with E-state index in [1.54, 1.807) is 0 Å². The Hall–Kier alpha value is -6.76. The van der Waals surface area contributed by atoms with Gasteiger partial charge in [0.25, 0.3) is 0 Å². The summed E-state index contributed by atoms with van der Waals surface area (Å²) in [5.74, 6) is 0. The van der Waals surface area contributed by atoms with E-state index < -0.39 is 0 Å². The molecular weight excluding hydrogens is 637 g/mol. The lowest BCUT2D eigenvalue weighted by Crippen LogP contribution is -2.24. The van der Waals surface area contributed by atoms with E-state index in [2.05, 4.69) is 206 Å². The summed E-state index contributed by atoms with van der Waals surface area (Å²) in [6.07, 6.45) is 7.89. The lowest BCUT2D eigenvalue weighted by atomic mass is 9.89. The molecule has 9 aromatic carbocycles. The van der Waals surface area contributed by atoms with Crippen LogP contribution in [0.5, 0.6) is 0 Å². The molecule has 0 aromatic heterocycles. The molecule has 0 nitrogen and oxygen atoms in total. The molecule has 1 aliphatic rings. The van der Waals surface area contributed by atoms with Crippen LogP contribution in [0.25, 0.3) is 94.6 Å². The Morgan fingerprint density at radius 3 is 1.51 bits per heavy atom. The van der Waals surface area contributed by atoms with Crippen LogP contribution in [-0.4, -0.2) is 0 Å². The van der Waals surface area contributed by atoms with Gasteiger partial charge in [0.2, 0.25) is 0 Å². The molecule has 0 saturated heterocycles. The van der Waals surface area contributed by atoms with Crippen molar-refractivity contribution in [2.24, 2.45) is 0 Å². The predicted molar refractivity (Wildman–Crippen MR) is 228 cm³/mol. The molecule has 10 rings (SSSR count). The molecule has 1 aliphatic carbocycles. The molecule has 0 spiro atoms. The second-order valence-corrected chi connectivity index (χ2v) is 14.1. The zero-order chi connectivity index (χ0) is 35.1. The van der Waals surface area contributed by atoms with Crippen molar-refractivity contribution in [3.05, 3.63) is 210 Å². The number of allylic oxidation sites excluding steroid dienone is 2. The van der Waals surface area contributed by atoms with E-state index in [1.165, 1.54) is 98.4 Å². The quantitative estimate of drug-likeness (QED) is 0.160. The maximum atomic E-state index is 2.41. The molecule has 0 saturated carbocycles. The van der Waals surface area contributed by atoms with Gasteiger partial charge in [-0.2, -0.15) is 0 Å². The fourth-order valence-corrected chi connectivity index (χ4v) is 8.10. The molecule has 0 fully saturated rings. The molecule has 0 unspecified atom stereocenters. The number of hydrogen-bond acceptors (Lipinski definition) is 0. The maximum Gasteiger partial charge on any atom is -0.00821 e. The van der Waals surface area contributed by atoms with E-state index >= 15 is 0 Å². The minimum atomic E-state index is 0.882. The highest BCUT2D eigenvalue weighted by Crippen LogP contribution is 2.39. The summed E-state index contributed by atoms with van der Waals surface area (Å²) < 4.78 is 0. The summed E-state index contributed by atoms with van der Waals surface area (Å²) in [6.45, 7) is 0. The number of benzene rings is 9. The van der Waals surface area contributed by atoms with Crippen molar-refractivity contribution in [1.29, 1.82) is 0 Å². The fraction of sp³-hybridized carbons (Fsp3) is 0.0189. The number of rotatable bonds is 5. The molecule has 0 N–H and O–H groups in total. The first-order valence-electron chi connectivity index (χ1n) is 18.5. The molecule has 0 heterocycles.